The van der Waals surface area contributed by atoms with Crippen molar-refractivity contribution in [2.75, 3.05) is 32.7 Å². The van der Waals surface area contributed by atoms with E-state index in [0.29, 0.717) is 13.1 Å². The maximum atomic E-state index is 13.3. The number of piperazine rings is 1. The number of sulfonamides is 1. The van der Waals surface area contributed by atoms with Crippen LogP contribution in [-0.4, -0.2) is 68.3 Å². The van der Waals surface area contributed by atoms with Gasteiger partial charge in [0.05, 0.1) is 16.5 Å². The summed E-state index contributed by atoms with van der Waals surface area (Å²) in [6.07, 6.45) is 1.86. The lowest BCUT2D eigenvalue weighted by Crippen LogP contribution is -2.52. The molecule has 148 valence electrons. The molecule has 1 aromatic rings. The zero-order valence-corrected chi connectivity index (χ0v) is 16.0. The number of nitrogens with one attached hydrogen (secondary N) is 2. The van der Waals surface area contributed by atoms with E-state index in [9.17, 15) is 22.4 Å². The maximum Gasteiger partial charge on any atom is 0.321 e. The summed E-state index contributed by atoms with van der Waals surface area (Å²) >= 11 is 5.67. The molecule has 8 nitrogen and oxygen atoms in total. The van der Waals surface area contributed by atoms with Crippen LogP contribution in [0.25, 0.3) is 0 Å². The van der Waals surface area contributed by atoms with Gasteiger partial charge in [-0.25, -0.2) is 17.6 Å². The van der Waals surface area contributed by atoms with Crippen molar-refractivity contribution in [3.63, 3.8) is 0 Å². The summed E-state index contributed by atoms with van der Waals surface area (Å²) in [5.74, 6) is -1.12. The third kappa shape index (κ3) is 5.16. The second-order valence-electron chi connectivity index (χ2n) is 6.55. The van der Waals surface area contributed by atoms with Gasteiger partial charge in [-0.3, -0.25) is 15.0 Å². The Balaban J connectivity index is 1.50. The molecule has 2 aliphatic rings. The van der Waals surface area contributed by atoms with Crippen molar-refractivity contribution in [1.82, 2.24) is 19.8 Å². The van der Waals surface area contributed by atoms with Gasteiger partial charge in [-0.15, -0.1) is 0 Å². The van der Waals surface area contributed by atoms with E-state index < -0.39 is 27.8 Å². The topological polar surface area (TPSA) is 98.8 Å². The standard InChI is InChI=1S/C16H20ClFN4O4S/c17-13-9-12(3-4-14(13)18)27(25,26)22-7-5-21(6-8-22)10-15(23)20-16(24)19-11-1-2-11/h3-4,9,11H,1-2,5-8,10H2,(H2,19,20,23,24). The Morgan fingerprint density at radius 3 is 2.44 bits per heavy atom. The van der Waals surface area contributed by atoms with Crippen LogP contribution in [0.1, 0.15) is 12.8 Å². The number of hydrogen-bond donors (Lipinski definition) is 2. The molecule has 1 saturated heterocycles. The van der Waals surface area contributed by atoms with Gasteiger partial charge in [0.15, 0.2) is 0 Å². The minimum atomic E-state index is -3.79. The molecule has 3 rings (SSSR count). The first-order valence-electron chi connectivity index (χ1n) is 8.53. The molecule has 0 bridgehead atoms. The number of amides is 3. The highest BCUT2D eigenvalue weighted by Crippen LogP contribution is 2.23. The summed E-state index contributed by atoms with van der Waals surface area (Å²) in [4.78, 5) is 25.1. The monoisotopic (exact) mass is 418 g/mol. The minimum Gasteiger partial charge on any atom is -0.335 e. The van der Waals surface area contributed by atoms with Crippen LogP contribution >= 0.6 is 11.6 Å². The average molecular weight is 419 g/mol. The van der Waals surface area contributed by atoms with E-state index >= 15 is 0 Å². The molecule has 0 atom stereocenters. The van der Waals surface area contributed by atoms with Crippen molar-refractivity contribution >= 4 is 33.6 Å². The average Bonchev–Trinajstić information content (AvgIpc) is 3.41. The number of benzene rings is 1. The van der Waals surface area contributed by atoms with Crippen LogP contribution in [0.5, 0.6) is 0 Å². The zero-order chi connectivity index (χ0) is 19.6. The molecule has 11 heteroatoms. The Bertz CT molecular complexity index is 839. The fraction of sp³-hybridized carbons (Fsp3) is 0.500. The number of nitrogens with zero attached hydrogens (tertiary/aromatic N) is 2. The molecule has 2 fully saturated rings. The van der Waals surface area contributed by atoms with Crippen LogP contribution in [0.3, 0.4) is 0 Å². The van der Waals surface area contributed by atoms with Crippen molar-refractivity contribution in [3.05, 3.63) is 29.0 Å². The second kappa shape index (κ2) is 8.09. The van der Waals surface area contributed by atoms with E-state index in [4.69, 9.17) is 11.6 Å². The Labute approximate surface area is 161 Å². The summed E-state index contributed by atoms with van der Waals surface area (Å²) in [7, 11) is -3.79. The van der Waals surface area contributed by atoms with E-state index in [1.54, 1.807) is 4.90 Å². The van der Waals surface area contributed by atoms with Crippen LogP contribution in [0.2, 0.25) is 5.02 Å². The Kier molecular flexibility index (Phi) is 5.99. The highest BCUT2D eigenvalue weighted by Gasteiger charge is 2.30. The molecule has 0 aromatic heterocycles. The highest BCUT2D eigenvalue weighted by molar-refractivity contribution is 7.89. The molecular formula is C16H20ClFN4O4S. The predicted molar refractivity (Wildman–Crippen MR) is 96.3 cm³/mol. The van der Waals surface area contributed by atoms with Crippen LogP contribution in [0, 0.1) is 5.82 Å². The minimum absolute atomic E-state index is 0.00828. The summed E-state index contributed by atoms with van der Waals surface area (Å²) in [6.45, 7) is 1.05. The number of carbonyl (C=O) groups is 2. The molecule has 3 amide bonds. The molecule has 1 aliphatic heterocycles. The van der Waals surface area contributed by atoms with E-state index in [0.717, 1.165) is 25.0 Å². The quantitative estimate of drug-likeness (QED) is 0.736. The molecule has 1 aromatic carbocycles. The number of hydrogen-bond acceptors (Lipinski definition) is 5. The van der Waals surface area contributed by atoms with E-state index in [-0.39, 0.29) is 35.6 Å². The lowest BCUT2D eigenvalue weighted by Gasteiger charge is -2.33. The first-order valence-corrected chi connectivity index (χ1v) is 10.4. The molecule has 0 unspecified atom stereocenters. The summed E-state index contributed by atoms with van der Waals surface area (Å²) in [5.41, 5.74) is 0. The van der Waals surface area contributed by atoms with Gasteiger partial charge in [0.1, 0.15) is 5.82 Å². The molecule has 1 saturated carbocycles. The van der Waals surface area contributed by atoms with Crippen molar-refractivity contribution in [3.8, 4) is 0 Å². The summed E-state index contributed by atoms with van der Waals surface area (Å²) in [6, 6.07) is 2.94. The lowest BCUT2D eigenvalue weighted by atomic mass is 10.3. The van der Waals surface area contributed by atoms with E-state index in [1.165, 1.54) is 10.4 Å². The highest BCUT2D eigenvalue weighted by atomic mass is 35.5. The first-order chi connectivity index (χ1) is 12.8. The van der Waals surface area contributed by atoms with Gasteiger partial charge in [0.25, 0.3) is 0 Å². The van der Waals surface area contributed by atoms with Crippen LogP contribution in [0.15, 0.2) is 23.1 Å². The number of carbonyl (C=O) groups excluding carboxylic acids is 2. The Morgan fingerprint density at radius 1 is 1.19 bits per heavy atom. The molecule has 0 radical (unpaired) electrons. The van der Waals surface area contributed by atoms with E-state index in [2.05, 4.69) is 10.6 Å². The fourth-order valence-corrected chi connectivity index (χ4v) is 4.43. The predicted octanol–water partition coefficient (Wildman–Crippen LogP) is 0.774. The SMILES string of the molecule is O=C(CN1CCN(S(=O)(=O)c2ccc(F)c(Cl)c2)CC1)NC(=O)NC1CC1. The van der Waals surface area contributed by atoms with Gasteiger partial charge in [-0.1, -0.05) is 11.6 Å². The number of halogens is 2. The molecule has 1 aliphatic carbocycles. The normalized spacial score (nSPS) is 18.9. The van der Waals surface area contributed by atoms with Crippen LogP contribution < -0.4 is 10.6 Å². The van der Waals surface area contributed by atoms with Crippen LogP contribution in [-0.2, 0) is 14.8 Å². The second-order valence-corrected chi connectivity index (χ2v) is 8.90. The van der Waals surface area contributed by atoms with Gasteiger partial charge in [-0.05, 0) is 31.0 Å². The number of imide groups is 1. The Morgan fingerprint density at radius 2 is 1.85 bits per heavy atom. The first kappa shape index (κ1) is 20.0. The van der Waals surface area contributed by atoms with Crippen molar-refractivity contribution in [1.29, 1.82) is 0 Å². The van der Waals surface area contributed by atoms with Gasteiger partial charge >= 0.3 is 6.03 Å². The van der Waals surface area contributed by atoms with Gasteiger partial charge in [0, 0.05) is 32.2 Å². The molecular weight excluding hydrogens is 399 g/mol. The smallest absolute Gasteiger partial charge is 0.321 e. The fourth-order valence-electron chi connectivity index (χ4n) is 2.73. The van der Waals surface area contributed by atoms with Gasteiger partial charge in [-0.2, -0.15) is 4.31 Å². The molecule has 27 heavy (non-hydrogen) atoms. The van der Waals surface area contributed by atoms with Crippen molar-refractivity contribution < 1.29 is 22.4 Å². The zero-order valence-electron chi connectivity index (χ0n) is 14.5. The van der Waals surface area contributed by atoms with Gasteiger partial charge < -0.3 is 5.32 Å². The van der Waals surface area contributed by atoms with Crippen LogP contribution in [0.4, 0.5) is 9.18 Å². The lowest BCUT2D eigenvalue weighted by molar-refractivity contribution is -0.121. The number of rotatable bonds is 5. The van der Waals surface area contributed by atoms with E-state index in [1.807, 2.05) is 0 Å². The maximum absolute atomic E-state index is 13.3. The third-order valence-electron chi connectivity index (χ3n) is 4.39. The molecule has 1 heterocycles. The Hall–Kier alpha value is -1.75. The largest absolute Gasteiger partial charge is 0.335 e. The molecule has 2 N–H and O–H groups in total. The summed E-state index contributed by atoms with van der Waals surface area (Å²) in [5, 5.41) is 4.67. The third-order valence-corrected chi connectivity index (χ3v) is 6.58. The number of urea groups is 1. The van der Waals surface area contributed by atoms with Crippen molar-refractivity contribution in [2.45, 2.75) is 23.8 Å². The summed E-state index contributed by atoms with van der Waals surface area (Å²) < 4.78 is 39.8. The van der Waals surface area contributed by atoms with Gasteiger partial charge in [0.2, 0.25) is 15.9 Å². The van der Waals surface area contributed by atoms with Crippen molar-refractivity contribution in [2.24, 2.45) is 0 Å². The molecule has 0 spiro atoms.